The maximum absolute atomic E-state index is 10.2. The fraction of sp³-hybridized carbons (Fsp3) is 0.600. The fourth-order valence-corrected chi connectivity index (χ4v) is 0.761. The standard InChI is InChI=1S/C6H13N4O2.C4H8O2.Au/c7-4(5(11)12)2-1-3-10-6(8)9;1-2-3-4(5)6;/h3-4H,1-2,7H2,(H,11,12)(H4,8,9,10);2-3H2,1H3,(H,5,6);/q-1;;+1/t4-;;/m0../s1. The monoisotopic (exact) mass is 458 g/mol. The van der Waals surface area contributed by atoms with Crippen molar-refractivity contribution in [3.63, 3.8) is 0 Å². The van der Waals surface area contributed by atoms with Gasteiger partial charge in [-0.05, 0) is 12.8 Å². The van der Waals surface area contributed by atoms with Crippen LogP contribution in [-0.4, -0.2) is 34.2 Å². The maximum Gasteiger partial charge on any atom is 1.00 e. The van der Waals surface area contributed by atoms with E-state index in [-0.39, 0.29) is 28.3 Å². The SMILES string of the molecule is CCCC(=O)O.NC(N)=N[CH-]CC[C@H](N)C(=O)O.[Au+]. The predicted octanol–water partition coefficient (Wildman–Crippen LogP) is -0.518. The van der Waals surface area contributed by atoms with Crippen molar-refractivity contribution >= 4 is 17.9 Å². The second-order valence-corrected chi connectivity index (χ2v) is 3.40. The number of guanidine groups is 1. The molecule has 0 heterocycles. The van der Waals surface area contributed by atoms with Crippen LogP contribution in [0.2, 0.25) is 0 Å². The quantitative estimate of drug-likeness (QED) is 0.113. The summed E-state index contributed by atoms with van der Waals surface area (Å²) >= 11 is 0. The molecule has 0 aliphatic rings. The third-order valence-corrected chi connectivity index (χ3v) is 1.63. The summed E-state index contributed by atoms with van der Waals surface area (Å²) in [7, 11) is 0. The Balaban J connectivity index is -0.000000313. The smallest absolute Gasteiger partial charge is 0.481 e. The van der Waals surface area contributed by atoms with Crippen molar-refractivity contribution in [3.05, 3.63) is 6.54 Å². The Labute approximate surface area is 127 Å². The molecule has 0 spiro atoms. The molecule has 0 aromatic rings. The van der Waals surface area contributed by atoms with Gasteiger partial charge in [0.1, 0.15) is 6.04 Å². The van der Waals surface area contributed by atoms with Crippen molar-refractivity contribution in [2.24, 2.45) is 22.2 Å². The van der Waals surface area contributed by atoms with E-state index in [1.54, 1.807) is 0 Å². The zero-order valence-electron chi connectivity index (χ0n) is 10.7. The minimum Gasteiger partial charge on any atom is -0.481 e. The molecule has 0 saturated carbocycles. The molecule has 0 aromatic heterocycles. The molecule has 19 heavy (non-hydrogen) atoms. The summed E-state index contributed by atoms with van der Waals surface area (Å²) in [4.78, 5) is 23.4. The molecule has 0 fully saturated rings. The molecule has 0 aliphatic heterocycles. The largest absolute Gasteiger partial charge is 1.00 e. The Morgan fingerprint density at radius 1 is 1.32 bits per heavy atom. The van der Waals surface area contributed by atoms with Crippen LogP contribution in [0.15, 0.2) is 4.99 Å². The van der Waals surface area contributed by atoms with Crippen LogP contribution in [0.1, 0.15) is 32.6 Å². The minimum atomic E-state index is -1.02. The third-order valence-electron chi connectivity index (χ3n) is 1.63. The van der Waals surface area contributed by atoms with Gasteiger partial charge in [-0.15, -0.1) is 6.54 Å². The van der Waals surface area contributed by atoms with Gasteiger partial charge < -0.3 is 32.4 Å². The van der Waals surface area contributed by atoms with E-state index >= 15 is 0 Å². The van der Waals surface area contributed by atoms with E-state index in [1.807, 2.05) is 6.92 Å². The Bertz CT molecular complexity index is 283. The van der Waals surface area contributed by atoms with Crippen molar-refractivity contribution < 1.29 is 42.2 Å². The Morgan fingerprint density at radius 3 is 2.11 bits per heavy atom. The number of hydrogen-bond acceptors (Lipinski definition) is 4. The number of nitrogens with two attached hydrogens (primary N) is 3. The van der Waals surface area contributed by atoms with Crippen LogP contribution in [0.25, 0.3) is 0 Å². The van der Waals surface area contributed by atoms with Gasteiger partial charge in [-0.2, -0.15) is 0 Å². The molecule has 1 atom stereocenters. The van der Waals surface area contributed by atoms with E-state index in [1.165, 1.54) is 6.54 Å². The molecule has 0 amide bonds. The third kappa shape index (κ3) is 22.4. The number of hydrogen-bond donors (Lipinski definition) is 5. The molecule has 8 N–H and O–H groups in total. The second-order valence-electron chi connectivity index (χ2n) is 3.40. The zero-order valence-corrected chi connectivity index (χ0v) is 12.8. The summed E-state index contributed by atoms with van der Waals surface area (Å²) in [5.74, 6) is -1.77. The van der Waals surface area contributed by atoms with Crippen LogP contribution in [0.3, 0.4) is 0 Å². The average Bonchev–Trinajstić information content (AvgIpc) is 2.24. The van der Waals surface area contributed by atoms with Gasteiger partial charge in [0.25, 0.3) is 0 Å². The summed E-state index contributed by atoms with van der Waals surface area (Å²) in [5.41, 5.74) is 15.2. The number of aliphatic carboxylic acids is 2. The van der Waals surface area contributed by atoms with Crippen molar-refractivity contribution in [1.29, 1.82) is 0 Å². The van der Waals surface area contributed by atoms with Gasteiger partial charge in [-0.25, -0.2) is 0 Å². The molecule has 116 valence electrons. The van der Waals surface area contributed by atoms with Crippen LogP contribution < -0.4 is 17.2 Å². The molecule has 8 nitrogen and oxygen atoms in total. The fourth-order valence-electron chi connectivity index (χ4n) is 0.761. The number of carbonyl (C=O) groups is 2. The molecular weight excluding hydrogens is 437 g/mol. The first-order chi connectivity index (χ1) is 8.31. The molecule has 0 aliphatic carbocycles. The van der Waals surface area contributed by atoms with Gasteiger partial charge in [0.05, 0.1) is 0 Å². The number of carboxylic acids is 2. The van der Waals surface area contributed by atoms with Gasteiger partial charge in [0, 0.05) is 12.4 Å². The molecule has 9 heteroatoms. The van der Waals surface area contributed by atoms with E-state index in [9.17, 15) is 9.59 Å². The van der Waals surface area contributed by atoms with E-state index in [4.69, 9.17) is 27.4 Å². The van der Waals surface area contributed by atoms with Crippen LogP contribution >= 0.6 is 0 Å². The average molecular weight is 458 g/mol. The summed E-state index contributed by atoms with van der Waals surface area (Å²) in [6.45, 7) is 3.28. The molecule has 0 aromatic carbocycles. The number of carboxylic acid groups (broad SMARTS) is 2. The van der Waals surface area contributed by atoms with E-state index in [0.29, 0.717) is 19.3 Å². The first-order valence-electron chi connectivity index (χ1n) is 5.41. The van der Waals surface area contributed by atoms with E-state index in [0.717, 1.165) is 6.42 Å². The first-order valence-corrected chi connectivity index (χ1v) is 5.41. The van der Waals surface area contributed by atoms with Crippen LogP contribution in [0.4, 0.5) is 0 Å². The number of nitrogens with zero attached hydrogens (tertiary/aromatic N) is 1. The Morgan fingerprint density at radius 2 is 1.84 bits per heavy atom. The first kappa shape index (κ1) is 22.9. The number of aliphatic imine (C=N–C) groups is 1. The minimum absolute atomic E-state index is 0. The molecule has 0 radical (unpaired) electrons. The Kier molecular flexibility index (Phi) is 17.9. The van der Waals surface area contributed by atoms with E-state index < -0.39 is 18.0 Å². The molecule has 0 unspecified atom stereocenters. The van der Waals surface area contributed by atoms with Crippen LogP contribution in [0, 0.1) is 6.54 Å². The molecule has 0 rings (SSSR count). The molecule has 0 bridgehead atoms. The zero-order chi connectivity index (χ0) is 14.6. The van der Waals surface area contributed by atoms with Gasteiger partial charge in [-0.1, -0.05) is 13.3 Å². The number of rotatable bonds is 7. The van der Waals surface area contributed by atoms with Crippen molar-refractivity contribution in [1.82, 2.24) is 0 Å². The van der Waals surface area contributed by atoms with Gasteiger partial charge in [-0.3, -0.25) is 9.59 Å². The molecular formula is C10H21AuN4O4. The van der Waals surface area contributed by atoms with E-state index in [2.05, 4.69) is 4.99 Å². The van der Waals surface area contributed by atoms with Crippen molar-refractivity contribution in [2.75, 3.05) is 0 Å². The summed E-state index contributed by atoms with van der Waals surface area (Å²) in [6.07, 6.45) is 1.80. The van der Waals surface area contributed by atoms with Gasteiger partial charge >= 0.3 is 34.3 Å². The topological polar surface area (TPSA) is 165 Å². The van der Waals surface area contributed by atoms with Crippen molar-refractivity contribution in [2.45, 2.75) is 38.6 Å². The van der Waals surface area contributed by atoms with Gasteiger partial charge in [0.2, 0.25) is 0 Å². The van der Waals surface area contributed by atoms with Gasteiger partial charge in [0.15, 0.2) is 0 Å². The summed E-state index contributed by atoms with van der Waals surface area (Å²) < 4.78 is 0. The van der Waals surface area contributed by atoms with Crippen LogP contribution in [-0.2, 0) is 32.0 Å². The predicted molar refractivity (Wildman–Crippen MR) is 67.5 cm³/mol. The summed E-state index contributed by atoms with van der Waals surface area (Å²) in [6, 6.07) is -0.851. The van der Waals surface area contributed by atoms with Crippen molar-refractivity contribution in [3.8, 4) is 0 Å². The van der Waals surface area contributed by atoms with Crippen LogP contribution in [0.5, 0.6) is 0 Å². The molecule has 0 saturated heterocycles. The summed E-state index contributed by atoms with van der Waals surface area (Å²) in [5, 5.41) is 16.3. The normalized spacial score (nSPS) is 10.0. The Hall–Kier alpha value is -1.22. The maximum atomic E-state index is 10.2. The second kappa shape index (κ2) is 14.8.